The van der Waals surface area contributed by atoms with Gasteiger partial charge < -0.3 is 20.3 Å². The first kappa shape index (κ1) is 26.5. The molecule has 0 aliphatic carbocycles. The summed E-state index contributed by atoms with van der Waals surface area (Å²) in [7, 11) is -4.09. The first-order valence-electron chi connectivity index (χ1n) is 10.0. The Bertz CT molecular complexity index is 938. The lowest BCUT2D eigenvalue weighted by Gasteiger charge is -2.24. The van der Waals surface area contributed by atoms with Crippen LogP contribution in [-0.4, -0.2) is 33.9 Å². The Morgan fingerprint density at radius 1 is 1.12 bits per heavy atom. The Morgan fingerprint density at radius 3 is 2.38 bits per heavy atom. The number of nitrogens with two attached hydrogens (primary N) is 1. The van der Waals surface area contributed by atoms with Gasteiger partial charge in [0.2, 0.25) is 0 Å². The molecule has 0 fully saturated rings. The van der Waals surface area contributed by atoms with Crippen LogP contribution in [0.2, 0.25) is 0 Å². The van der Waals surface area contributed by atoms with Crippen LogP contribution in [0, 0.1) is 0 Å². The maximum atomic E-state index is 12.5. The lowest BCUT2D eigenvalue weighted by atomic mass is 9.94. The van der Waals surface area contributed by atoms with Crippen molar-refractivity contribution in [1.82, 2.24) is 0 Å². The zero-order chi connectivity index (χ0) is 24.0. The fourth-order valence-corrected chi connectivity index (χ4v) is 4.66. The number of carbonyl (C=O) groups excluding carboxylic acids is 1. The van der Waals surface area contributed by atoms with E-state index in [1.54, 1.807) is 13.0 Å². The third-order valence-electron chi connectivity index (χ3n) is 4.85. The van der Waals surface area contributed by atoms with Crippen molar-refractivity contribution in [2.24, 2.45) is 5.73 Å². The van der Waals surface area contributed by atoms with Gasteiger partial charge in [-0.2, -0.15) is 13.2 Å². The van der Waals surface area contributed by atoms with Crippen LogP contribution in [0.3, 0.4) is 0 Å². The molecule has 1 heterocycles. The third-order valence-corrected chi connectivity index (χ3v) is 6.84. The van der Waals surface area contributed by atoms with Crippen LogP contribution >= 0.6 is 18.9 Å². The molecule has 0 saturated heterocycles. The number of ketones is 1. The molecular formula is C21H27F3NO5PS. The summed E-state index contributed by atoms with van der Waals surface area (Å²) in [5.74, 6) is 0.265. The zero-order valence-electron chi connectivity index (χ0n) is 17.6. The van der Waals surface area contributed by atoms with Crippen molar-refractivity contribution in [3.8, 4) is 5.75 Å². The number of ether oxygens (including phenoxy) is 1. The van der Waals surface area contributed by atoms with Crippen molar-refractivity contribution in [2.75, 3.05) is 12.8 Å². The Balaban J connectivity index is 1.74. The second-order valence-electron chi connectivity index (χ2n) is 7.96. The fourth-order valence-electron chi connectivity index (χ4n) is 2.88. The number of hydrogen-bond acceptors (Lipinski definition) is 5. The number of rotatable bonds is 12. The third kappa shape index (κ3) is 9.42. The van der Waals surface area contributed by atoms with E-state index in [1.165, 1.54) is 23.5 Å². The van der Waals surface area contributed by atoms with Crippen molar-refractivity contribution in [2.45, 2.75) is 50.7 Å². The van der Waals surface area contributed by atoms with Crippen LogP contribution < -0.4 is 10.5 Å². The number of hydrogen-bond donors (Lipinski definition) is 3. The fraction of sp³-hybridized carbons (Fsp3) is 0.476. The predicted octanol–water partition coefficient (Wildman–Crippen LogP) is 5.03. The smallest absolute Gasteiger partial charge is 0.416 e. The van der Waals surface area contributed by atoms with Crippen LogP contribution in [0.15, 0.2) is 36.4 Å². The molecule has 6 nitrogen and oxygen atoms in total. The highest BCUT2D eigenvalue weighted by molar-refractivity contribution is 7.51. The van der Waals surface area contributed by atoms with E-state index in [2.05, 4.69) is 0 Å². The van der Waals surface area contributed by atoms with E-state index < -0.39 is 24.9 Å². The quantitative estimate of drug-likeness (QED) is 0.217. The van der Waals surface area contributed by atoms with E-state index in [4.69, 9.17) is 20.3 Å². The molecule has 1 atom stereocenters. The Kier molecular flexibility index (Phi) is 9.07. The minimum atomic E-state index is -4.39. The number of Topliss-reactive ketones (excluding diaryl/α,β-unsaturated/α-hetero) is 1. The lowest BCUT2D eigenvalue weighted by Crippen LogP contribution is -2.37. The van der Waals surface area contributed by atoms with Gasteiger partial charge >= 0.3 is 13.8 Å². The number of alkyl halides is 3. The van der Waals surface area contributed by atoms with Crippen molar-refractivity contribution < 1.29 is 37.1 Å². The van der Waals surface area contributed by atoms with Gasteiger partial charge in [0.05, 0.1) is 23.2 Å². The minimum Gasteiger partial charge on any atom is -0.494 e. The van der Waals surface area contributed by atoms with Gasteiger partial charge in [0.1, 0.15) is 5.75 Å². The van der Waals surface area contributed by atoms with Gasteiger partial charge in [0, 0.05) is 16.8 Å². The molecule has 4 N–H and O–H groups in total. The van der Waals surface area contributed by atoms with Gasteiger partial charge in [0.15, 0.2) is 5.78 Å². The van der Waals surface area contributed by atoms with Crippen LogP contribution in [0.1, 0.15) is 52.7 Å². The molecule has 0 radical (unpaired) electrons. The predicted molar refractivity (Wildman–Crippen MR) is 117 cm³/mol. The summed E-state index contributed by atoms with van der Waals surface area (Å²) in [5.41, 5.74) is 4.66. The molecular weight excluding hydrogens is 466 g/mol. The van der Waals surface area contributed by atoms with E-state index in [1.807, 2.05) is 6.07 Å². The molecule has 2 aromatic rings. The molecule has 0 aliphatic heterocycles. The SMILES string of the molecule is CC(N)(CCc1ccc(C(=O)CCCOc2ccc(C(F)(F)F)cc2)s1)CCP(=O)(O)O. The molecule has 0 bridgehead atoms. The molecule has 0 aliphatic rings. The summed E-state index contributed by atoms with van der Waals surface area (Å²) in [6.45, 7) is 1.96. The van der Waals surface area contributed by atoms with Crippen molar-refractivity contribution in [3.05, 3.63) is 51.7 Å². The molecule has 2 rings (SSSR count). The maximum absolute atomic E-state index is 12.5. The topological polar surface area (TPSA) is 110 Å². The lowest BCUT2D eigenvalue weighted by molar-refractivity contribution is -0.137. The van der Waals surface area contributed by atoms with Crippen LogP contribution in [0.5, 0.6) is 5.75 Å². The average molecular weight is 493 g/mol. The Labute approximate surface area is 188 Å². The number of thiophene rings is 1. The number of carbonyl (C=O) groups is 1. The highest BCUT2D eigenvalue weighted by atomic mass is 32.1. The highest BCUT2D eigenvalue weighted by Crippen LogP contribution is 2.37. The number of halogens is 3. The molecule has 178 valence electrons. The van der Waals surface area contributed by atoms with Gasteiger partial charge in [-0.3, -0.25) is 9.36 Å². The minimum absolute atomic E-state index is 0.0470. The Hall–Kier alpha value is -1.71. The summed E-state index contributed by atoms with van der Waals surface area (Å²) < 4.78 is 54.1. The van der Waals surface area contributed by atoms with Crippen molar-refractivity contribution >= 4 is 24.7 Å². The van der Waals surface area contributed by atoms with E-state index in [0.29, 0.717) is 29.9 Å². The zero-order valence-corrected chi connectivity index (χ0v) is 19.3. The number of aryl methyl sites for hydroxylation is 1. The number of benzene rings is 1. The molecule has 1 aromatic heterocycles. The largest absolute Gasteiger partial charge is 0.494 e. The normalized spacial score (nSPS) is 14.2. The van der Waals surface area contributed by atoms with E-state index in [9.17, 15) is 22.5 Å². The van der Waals surface area contributed by atoms with Gasteiger partial charge in [-0.25, -0.2) is 0 Å². The second kappa shape index (κ2) is 10.9. The van der Waals surface area contributed by atoms with Crippen molar-refractivity contribution in [3.63, 3.8) is 0 Å². The molecule has 0 spiro atoms. The summed E-state index contributed by atoms with van der Waals surface area (Å²) in [6.07, 6.45) is -2.65. The van der Waals surface area contributed by atoms with E-state index >= 15 is 0 Å². The van der Waals surface area contributed by atoms with Gasteiger partial charge in [-0.05, 0) is 69.0 Å². The summed E-state index contributed by atoms with van der Waals surface area (Å²) in [6, 6.07) is 7.99. The van der Waals surface area contributed by atoms with Gasteiger partial charge in [-0.1, -0.05) is 0 Å². The average Bonchev–Trinajstić information content (AvgIpc) is 3.17. The standard InChI is InChI=1S/C21H27F3NO5PS/c1-20(25,12-14-31(27,28)29)11-10-17-8-9-19(32-17)18(26)3-2-13-30-16-6-4-15(5-7-16)21(22,23)24/h4-9H,2-3,10-14,25H2,1H3,(H2,27,28,29). The maximum Gasteiger partial charge on any atom is 0.416 e. The first-order valence-corrected chi connectivity index (χ1v) is 12.6. The van der Waals surface area contributed by atoms with Crippen LogP contribution in [0.25, 0.3) is 0 Å². The highest BCUT2D eigenvalue weighted by Gasteiger charge is 2.30. The van der Waals surface area contributed by atoms with E-state index in [0.717, 1.165) is 17.0 Å². The summed E-state index contributed by atoms with van der Waals surface area (Å²) in [4.78, 5) is 31.9. The molecule has 11 heteroatoms. The summed E-state index contributed by atoms with van der Waals surface area (Å²) >= 11 is 1.36. The monoisotopic (exact) mass is 493 g/mol. The van der Waals surface area contributed by atoms with Gasteiger partial charge in [-0.15, -0.1) is 11.3 Å². The molecule has 1 unspecified atom stereocenters. The molecule has 1 aromatic carbocycles. The molecule has 0 saturated carbocycles. The summed E-state index contributed by atoms with van der Waals surface area (Å²) in [5, 5.41) is 0. The van der Waals surface area contributed by atoms with Crippen molar-refractivity contribution in [1.29, 1.82) is 0 Å². The van der Waals surface area contributed by atoms with Crippen LogP contribution in [0.4, 0.5) is 13.2 Å². The molecule has 0 amide bonds. The van der Waals surface area contributed by atoms with Crippen LogP contribution in [-0.2, 0) is 17.2 Å². The van der Waals surface area contributed by atoms with E-state index in [-0.39, 0.29) is 31.4 Å². The Morgan fingerprint density at radius 2 is 1.78 bits per heavy atom. The molecule has 32 heavy (non-hydrogen) atoms. The van der Waals surface area contributed by atoms with Gasteiger partial charge in [0.25, 0.3) is 0 Å². The second-order valence-corrected chi connectivity index (χ2v) is 10.9. The first-order chi connectivity index (χ1) is 14.8.